The average Bonchev–Trinajstić information content (AvgIpc) is 2.37. The van der Waals surface area contributed by atoms with Gasteiger partial charge in [-0.25, -0.2) is 0 Å². The molecule has 1 saturated heterocycles. The maximum atomic E-state index is 12.0. The van der Waals surface area contributed by atoms with Gasteiger partial charge in [0.05, 0.1) is 0 Å². The molecule has 0 aromatic rings. The molecule has 1 heterocycles. The molecule has 0 spiro atoms. The minimum absolute atomic E-state index is 0.232. The highest BCUT2D eigenvalue weighted by Crippen LogP contribution is 2.18. The Morgan fingerprint density at radius 3 is 2.47 bits per heavy atom. The number of carbonyl (C=O) groups is 1. The second-order valence-electron chi connectivity index (χ2n) is 4.84. The van der Waals surface area contributed by atoms with Crippen molar-refractivity contribution in [3.63, 3.8) is 0 Å². The molecule has 1 atom stereocenters. The van der Waals surface area contributed by atoms with Crippen molar-refractivity contribution in [1.82, 2.24) is 4.90 Å². The largest absolute Gasteiger partial charge is 0.396 e. The van der Waals surface area contributed by atoms with E-state index < -0.39 is 0 Å². The molecule has 3 nitrogen and oxygen atoms in total. The number of carbonyl (C=O) groups excluding carboxylic acids is 1. The van der Waals surface area contributed by atoms with E-state index in [0.717, 1.165) is 50.5 Å². The van der Waals surface area contributed by atoms with Crippen molar-refractivity contribution in [3.8, 4) is 0 Å². The first kappa shape index (κ1) is 15.0. The van der Waals surface area contributed by atoms with Crippen molar-refractivity contribution in [2.75, 3.05) is 25.0 Å². The zero-order valence-corrected chi connectivity index (χ0v) is 12.1. The first-order valence-electron chi connectivity index (χ1n) is 6.72. The Hall–Kier alpha value is -0.0900. The van der Waals surface area contributed by atoms with Gasteiger partial charge in [0.15, 0.2) is 0 Å². The molecule has 0 aromatic carbocycles. The molecule has 1 aliphatic heterocycles. The van der Waals surface area contributed by atoms with Crippen LogP contribution >= 0.6 is 15.9 Å². The number of likely N-dealkylation sites (tertiary alicyclic amines) is 1. The van der Waals surface area contributed by atoms with Crippen molar-refractivity contribution in [2.45, 2.75) is 44.9 Å². The maximum Gasteiger partial charge on any atom is 0.222 e. The third-order valence-electron chi connectivity index (χ3n) is 3.53. The van der Waals surface area contributed by atoms with Gasteiger partial charge in [0.1, 0.15) is 0 Å². The van der Waals surface area contributed by atoms with Crippen molar-refractivity contribution >= 4 is 21.8 Å². The predicted molar refractivity (Wildman–Crippen MR) is 73.3 cm³/mol. The Labute approximate surface area is 113 Å². The fraction of sp³-hybridized carbons (Fsp3) is 0.923. The van der Waals surface area contributed by atoms with Gasteiger partial charge in [-0.15, -0.1) is 0 Å². The number of nitrogens with zero attached hydrogens (tertiary/aromatic N) is 1. The van der Waals surface area contributed by atoms with Gasteiger partial charge < -0.3 is 10.0 Å². The summed E-state index contributed by atoms with van der Waals surface area (Å²) in [5.74, 6) is 0.787. The number of amides is 1. The molecule has 0 aromatic heterocycles. The Kier molecular flexibility index (Phi) is 7.86. The number of hydrogen-bond donors (Lipinski definition) is 1. The highest BCUT2D eigenvalue weighted by molar-refractivity contribution is 9.09. The van der Waals surface area contributed by atoms with Gasteiger partial charge in [0.25, 0.3) is 0 Å². The van der Waals surface area contributed by atoms with Crippen molar-refractivity contribution in [2.24, 2.45) is 5.92 Å². The third kappa shape index (κ3) is 5.87. The monoisotopic (exact) mass is 305 g/mol. The van der Waals surface area contributed by atoms with Gasteiger partial charge in [-0.3, -0.25) is 4.79 Å². The quantitative estimate of drug-likeness (QED) is 0.734. The number of alkyl halides is 1. The van der Waals surface area contributed by atoms with Crippen LogP contribution in [0.25, 0.3) is 0 Å². The van der Waals surface area contributed by atoms with E-state index in [-0.39, 0.29) is 6.61 Å². The highest BCUT2D eigenvalue weighted by Gasteiger charge is 2.17. The summed E-state index contributed by atoms with van der Waals surface area (Å²) in [5.41, 5.74) is 0. The van der Waals surface area contributed by atoms with E-state index in [9.17, 15) is 4.79 Å². The van der Waals surface area contributed by atoms with Crippen molar-refractivity contribution in [3.05, 3.63) is 0 Å². The Bertz CT molecular complexity index is 211. The van der Waals surface area contributed by atoms with E-state index in [2.05, 4.69) is 15.9 Å². The number of piperidine rings is 1. The molecule has 1 amide bonds. The van der Waals surface area contributed by atoms with Crippen molar-refractivity contribution in [1.29, 1.82) is 0 Å². The van der Waals surface area contributed by atoms with Crippen LogP contribution < -0.4 is 0 Å². The van der Waals surface area contributed by atoms with Crippen molar-refractivity contribution < 1.29 is 9.90 Å². The molecule has 4 heteroatoms. The normalized spacial score (nSPS) is 18.1. The van der Waals surface area contributed by atoms with E-state index in [1.807, 2.05) is 4.90 Å². The molecular weight excluding hydrogens is 282 g/mol. The van der Waals surface area contributed by atoms with Gasteiger partial charge in [-0.05, 0) is 44.4 Å². The predicted octanol–water partition coefficient (Wildman–Crippen LogP) is 2.56. The average molecular weight is 306 g/mol. The van der Waals surface area contributed by atoms with E-state index in [4.69, 9.17) is 5.11 Å². The fourth-order valence-electron chi connectivity index (χ4n) is 2.40. The molecule has 0 radical (unpaired) electrons. The summed E-state index contributed by atoms with van der Waals surface area (Å²) in [7, 11) is 0. The van der Waals surface area contributed by atoms with Gasteiger partial charge in [0, 0.05) is 31.4 Å². The van der Waals surface area contributed by atoms with Crippen LogP contribution in [0.4, 0.5) is 0 Å². The summed E-state index contributed by atoms with van der Waals surface area (Å²) < 4.78 is 0. The summed E-state index contributed by atoms with van der Waals surface area (Å²) in [6.07, 6.45) is 7.02. The van der Waals surface area contributed by atoms with Crippen LogP contribution in [-0.4, -0.2) is 40.9 Å². The first-order valence-corrected chi connectivity index (χ1v) is 7.84. The fourth-order valence-corrected chi connectivity index (χ4v) is 3.05. The summed E-state index contributed by atoms with van der Waals surface area (Å²) in [6.45, 7) is 2.12. The lowest BCUT2D eigenvalue weighted by atomic mass is 9.96. The molecule has 0 aliphatic carbocycles. The molecule has 1 rings (SSSR count). The minimum atomic E-state index is 0.232. The van der Waals surface area contributed by atoms with E-state index in [1.54, 1.807) is 0 Å². The van der Waals surface area contributed by atoms with E-state index in [0.29, 0.717) is 18.2 Å². The number of halogens is 1. The molecule has 1 N–H and O–H groups in total. The number of aliphatic hydroxyl groups excluding tert-OH is 1. The SMILES string of the molecule is O=C(CCC(CCO)CCBr)N1CCCCC1. The van der Waals surface area contributed by atoms with Crippen LogP contribution in [0.1, 0.15) is 44.9 Å². The summed E-state index contributed by atoms with van der Waals surface area (Å²) in [6, 6.07) is 0. The molecular formula is C13H24BrNO2. The molecule has 1 fully saturated rings. The lowest BCUT2D eigenvalue weighted by Gasteiger charge is -2.27. The third-order valence-corrected chi connectivity index (χ3v) is 3.99. The zero-order chi connectivity index (χ0) is 12.5. The second-order valence-corrected chi connectivity index (χ2v) is 5.63. The highest BCUT2D eigenvalue weighted by atomic mass is 79.9. The molecule has 0 bridgehead atoms. The first-order chi connectivity index (χ1) is 8.27. The van der Waals surface area contributed by atoms with Crippen LogP contribution in [0, 0.1) is 5.92 Å². The lowest BCUT2D eigenvalue weighted by Crippen LogP contribution is -2.35. The summed E-state index contributed by atoms with van der Waals surface area (Å²) in [4.78, 5) is 14.0. The molecule has 0 saturated carbocycles. The smallest absolute Gasteiger partial charge is 0.222 e. The molecule has 1 aliphatic rings. The summed E-state index contributed by atoms with van der Waals surface area (Å²) in [5, 5.41) is 9.92. The van der Waals surface area contributed by atoms with Crippen LogP contribution in [0.2, 0.25) is 0 Å². The van der Waals surface area contributed by atoms with E-state index in [1.165, 1.54) is 6.42 Å². The van der Waals surface area contributed by atoms with E-state index >= 15 is 0 Å². The Morgan fingerprint density at radius 2 is 1.88 bits per heavy atom. The van der Waals surface area contributed by atoms with Crippen LogP contribution in [0.5, 0.6) is 0 Å². The number of rotatable bonds is 7. The number of hydrogen-bond acceptors (Lipinski definition) is 2. The van der Waals surface area contributed by atoms with Crippen LogP contribution in [0.15, 0.2) is 0 Å². The molecule has 1 unspecified atom stereocenters. The maximum absolute atomic E-state index is 12.0. The van der Waals surface area contributed by atoms with Gasteiger partial charge in [-0.2, -0.15) is 0 Å². The standard InChI is InChI=1S/C13H24BrNO2/c14-8-6-12(7-11-16)4-5-13(17)15-9-2-1-3-10-15/h12,16H,1-11H2. The topological polar surface area (TPSA) is 40.5 Å². The van der Waals surface area contributed by atoms with Crippen LogP contribution in [-0.2, 0) is 4.79 Å². The Balaban J connectivity index is 2.24. The zero-order valence-electron chi connectivity index (χ0n) is 10.5. The second kappa shape index (κ2) is 8.92. The van der Waals surface area contributed by atoms with Gasteiger partial charge in [0.2, 0.25) is 5.91 Å². The summed E-state index contributed by atoms with van der Waals surface area (Å²) >= 11 is 3.43. The van der Waals surface area contributed by atoms with Gasteiger partial charge >= 0.3 is 0 Å². The van der Waals surface area contributed by atoms with Crippen LogP contribution in [0.3, 0.4) is 0 Å². The minimum Gasteiger partial charge on any atom is -0.396 e. The molecule has 17 heavy (non-hydrogen) atoms. The molecule has 100 valence electrons. The number of aliphatic hydroxyl groups is 1. The lowest BCUT2D eigenvalue weighted by molar-refractivity contribution is -0.132. The Morgan fingerprint density at radius 1 is 1.18 bits per heavy atom. The van der Waals surface area contributed by atoms with Gasteiger partial charge in [-0.1, -0.05) is 15.9 Å².